The lowest BCUT2D eigenvalue weighted by molar-refractivity contribution is 0.306. The standard InChI is InChI=1S/C19H16IN5O3S/c20-15-6-8-16(9-7-15)29(26,27)21-12-13-28-18-11-10-17-22-23-19(25(17)24-18)14-4-2-1-3-5-14/h1-11,21H,12-13H2. The first-order valence-electron chi connectivity index (χ1n) is 8.69. The van der Waals surface area contributed by atoms with Gasteiger partial charge in [-0.15, -0.1) is 15.3 Å². The van der Waals surface area contributed by atoms with Crippen LogP contribution in [-0.4, -0.2) is 41.4 Å². The number of rotatable bonds is 7. The third-order valence-electron chi connectivity index (χ3n) is 4.04. The predicted octanol–water partition coefficient (Wildman–Crippen LogP) is 2.75. The van der Waals surface area contributed by atoms with Crippen LogP contribution in [0.15, 0.2) is 71.6 Å². The number of halogens is 1. The van der Waals surface area contributed by atoms with E-state index in [1.807, 2.05) is 30.3 Å². The van der Waals surface area contributed by atoms with Crippen LogP contribution in [0, 0.1) is 3.57 Å². The molecule has 2 heterocycles. The quantitative estimate of drug-likeness (QED) is 0.297. The molecule has 2 aromatic carbocycles. The number of hydrogen-bond donors (Lipinski definition) is 1. The van der Waals surface area contributed by atoms with Gasteiger partial charge in [0.2, 0.25) is 15.9 Å². The van der Waals surface area contributed by atoms with E-state index < -0.39 is 10.0 Å². The minimum Gasteiger partial charge on any atom is -0.475 e. The van der Waals surface area contributed by atoms with Gasteiger partial charge < -0.3 is 4.74 Å². The van der Waals surface area contributed by atoms with Crippen LogP contribution >= 0.6 is 22.6 Å². The van der Waals surface area contributed by atoms with Crippen LogP contribution in [-0.2, 0) is 10.0 Å². The number of aromatic nitrogens is 4. The van der Waals surface area contributed by atoms with Crippen molar-refractivity contribution < 1.29 is 13.2 Å². The van der Waals surface area contributed by atoms with E-state index in [-0.39, 0.29) is 18.0 Å². The fourth-order valence-electron chi connectivity index (χ4n) is 2.64. The molecule has 0 saturated carbocycles. The van der Waals surface area contributed by atoms with Gasteiger partial charge in [0.25, 0.3) is 0 Å². The Morgan fingerprint density at radius 1 is 0.966 bits per heavy atom. The molecule has 0 spiro atoms. The molecule has 0 aliphatic carbocycles. The van der Waals surface area contributed by atoms with Crippen LogP contribution in [0.4, 0.5) is 0 Å². The summed E-state index contributed by atoms with van der Waals surface area (Å²) in [6, 6.07) is 19.6. The van der Waals surface area contributed by atoms with Crippen molar-refractivity contribution in [3.8, 4) is 17.3 Å². The Morgan fingerprint density at radius 2 is 1.72 bits per heavy atom. The zero-order valence-electron chi connectivity index (χ0n) is 15.1. The summed E-state index contributed by atoms with van der Waals surface area (Å²) < 4.78 is 35.3. The summed E-state index contributed by atoms with van der Waals surface area (Å²) in [4.78, 5) is 0.217. The van der Waals surface area contributed by atoms with Gasteiger partial charge in [0.1, 0.15) is 6.61 Å². The predicted molar refractivity (Wildman–Crippen MR) is 116 cm³/mol. The molecular weight excluding hydrogens is 505 g/mol. The zero-order valence-corrected chi connectivity index (χ0v) is 18.0. The molecule has 0 unspecified atom stereocenters. The van der Waals surface area contributed by atoms with Gasteiger partial charge >= 0.3 is 0 Å². The fraction of sp³-hybridized carbons (Fsp3) is 0.105. The highest BCUT2D eigenvalue weighted by molar-refractivity contribution is 14.1. The van der Waals surface area contributed by atoms with Gasteiger partial charge in [0.15, 0.2) is 11.5 Å². The summed E-state index contributed by atoms with van der Waals surface area (Å²) in [6.07, 6.45) is 0. The molecule has 10 heteroatoms. The van der Waals surface area contributed by atoms with Gasteiger partial charge in [-0.05, 0) is 52.9 Å². The smallest absolute Gasteiger partial charge is 0.240 e. The average molecular weight is 521 g/mol. The molecule has 29 heavy (non-hydrogen) atoms. The maximum atomic E-state index is 12.3. The molecule has 0 saturated heterocycles. The summed E-state index contributed by atoms with van der Waals surface area (Å²) >= 11 is 2.12. The maximum Gasteiger partial charge on any atom is 0.240 e. The molecule has 0 radical (unpaired) electrons. The second kappa shape index (κ2) is 8.43. The average Bonchev–Trinajstić information content (AvgIpc) is 3.15. The summed E-state index contributed by atoms with van der Waals surface area (Å²) in [5, 5.41) is 12.7. The number of hydrogen-bond acceptors (Lipinski definition) is 6. The zero-order chi connectivity index (χ0) is 20.3. The van der Waals surface area contributed by atoms with Crippen LogP contribution in [0.25, 0.3) is 17.0 Å². The molecule has 1 N–H and O–H groups in total. The first-order chi connectivity index (χ1) is 14.0. The SMILES string of the molecule is O=S(=O)(NCCOc1ccc2nnc(-c3ccccc3)n2n1)c1ccc(I)cc1. The Hall–Kier alpha value is -2.57. The number of ether oxygens (including phenoxy) is 1. The van der Waals surface area contributed by atoms with Crippen LogP contribution in [0.1, 0.15) is 0 Å². The lowest BCUT2D eigenvalue weighted by Crippen LogP contribution is -2.28. The van der Waals surface area contributed by atoms with Crippen molar-refractivity contribution in [2.24, 2.45) is 0 Å². The Morgan fingerprint density at radius 3 is 2.48 bits per heavy atom. The highest BCUT2D eigenvalue weighted by Gasteiger charge is 2.13. The number of nitrogens with one attached hydrogen (secondary N) is 1. The first kappa shape index (κ1) is 19.7. The van der Waals surface area contributed by atoms with Crippen molar-refractivity contribution in [2.45, 2.75) is 4.90 Å². The number of fused-ring (bicyclic) bond motifs is 1. The van der Waals surface area contributed by atoms with Gasteiger partial charge in [-0.2, -0.15) is 4.52 Å². The molecule has 0 aliphatic rings. The highest BCUT2D eigenvalue weighted by Crippen LogP contribution is 2.18. The molecule has 4 rings (SSSR count). The molecule has 148 valence electrons. The molecule has 4 aromatic rings. The molecule has 0 amide bonds. The normalized spacial score (nSPS) is 11.6. The molecule has 0 atom stereocenters. The van der Waals surface area contributed by atoms with Gasteiger partial charge in [-0.25, -0.2) is 13.1 Å². The topological polar surface area (TPSA) is 98.5 Å². The lowest BCUT2D eigenvalue weighted by atomic mass is 10.2. The van der Waals surface area contributed by atoms with Crippen molar-refractivity contribution in [1.82, 2.24) is 24.5 Å². The number of benzene rings is 2. The van der Waals surface area contributed by atoms with E-state index in [1.165, 1.54) is 0 Å². The molecule has 2 aromatic heterocycles. The third kappa shape index (κ3) is 4.54. The van der Waals surface area contributed by atoms with Crippen molar-refractivity contribution in [2.75, 3.05) is 13.2 Å². The number of sulfonamides is 1. The minimum atomic E-state index is -3.58. The van der Waals surface area contributed by atoms with Crippen LogP contribution in [0.5, 0.6) is 5.88 Å². The van der Waals surface area contributed by atoms with E-state index in [0.29, 0.717) is 17.4 Å². The van der Waals surface area contributed by atoms with E-state index in [9.17, 15) is 8.42 Å². The molecule has 0 aliphatic heterocycles. The molecule has 0 bridgehead atoms. The van der Waals surface area contributed by atoms with Crippen molar-refractivity contribution in [3.05, 3.63) is 70.3 Å². The highest BCUT2D eigenvalue weighted by atomic mass is 127. The van der Waals surface area contributed by atoms with E-state index in [2.05, 4.69) is 42.6 Å². The van der Waals surface area contributed by atoms with Crippen LogP contribution in [0.2, 0.25) is 0 Å². The maximum absolute atomic E-state index is 12.3. The van der Waals surface area contributed by atoms with Crippen molar-refractivity contribution in [1.29, 1.82) is 0 Å². The van der Waals surface area contributed by atoms with E-state index in [4.69, 9.17) is 4.74 Å². The Balaban J connectivity index is 1.42. The lowest BCUT2D eigenvalue weighted by Gasteiger charge is -2.08. The largest absolute Gasteiger partial charge is 0.475 e. The summed E-state index contributed by atoms with van der Waals surface area (Å²) in [5.74, 6) is 0.952. The van der Waals surface area contributed by atoms with Crippen LogP contribution in [0.3, 0.4) is 0 Å². The Labute approximate surface area is 181 Å². The summed E-state index contributed by atoms with van der Waals surface area (Å²) in [7, 11) is -3.58. The molecular formula is C19H16IN5O3S. The van der Waals surface area contributed by atoms with Gasteiger partial charge in [0.05, 0.1) is 4.90 Å². The number of nitrogens with zero attached hydrogens (tertiary/aromatic N) is 4. The first-order valence-corrected chi connectivity index (χ1v) is 11.2. The minimum absolute atomic E-state index is 0.113. The molecule has 0 fully saturated rings. The van der Waals surface area contributed by atoms with E-state index >= 15 is 0 Å². The second-order valence-electron chi connectivity index (χ2n) is 6.03. The fourth-order valence-corrected chi connectivity index (χ4v) is 4.02. The van der Waals surface area contributed by atoms with E-state index in [0.717, 1.165) is 9.13 Å². The van der Waals surface area contributed by atoms with Gasteiger partial charge in [-0.3, -0.25) is 0 Å². The van der Waals surface area contributed by atoms with Crippen molar-refractivity contribution in [3.63, 3.8) is 0 Å². The second-order valence-corrected chi connectivity index (χ2v) is 9.04. The molecule has 8 nitrogen and oxygen atoms in total. The van der Waals surface area contributed by atoms with E-state index in [1.54, 1.807) is 40.9 Å². The Bertz CT molecular complexity index is 1230. The monoisotopic (exact) mass is 521 g/mol. The third-order valence-corrected chi connectivity index (χ3v) is 6.23. The summed E-state index contributed by atoms with van der Waals surface area (Å²) in [6.45, 7) is 0.243. The van der Waals surface area contributed by atoms with Crippen LogP contribution < -0.4 is 9.46 Å². The summed E-state index contributed by atoms with van der Waals surface area (Å²) in [5.41, 5.74) is 1.48. The van der Waals surface area contributed by atoms with Gasteiger partial charge in [-0.1, -0.05) is 30.3 Å². The Kier molecular flexibility index (Phi) is 5.74. The van der Waals surface area contributed by atoms with Gasteiger partial charge in [0, 0.05) is 21.7 Å². The van der Waals surface area contributed by atoms with Crippen molar-refractivity contribution >= 4 is 38.3 Å².